The third-order valence-electron chi connectivity index (χ3n) is 4.29. The second-order valence-corrected chi connectivity index (χ2v) is 8.47. The van der Waals surface area contributed by atoms with Crippen molar-refractivity contribution in [1.29, 1.82) is 0 Å². The molecule has 0 heterocycles. The molecule has 0 saturated heterocycles. The summed E-state index contributed by atoms with van der Waals surface area (Å²) < 4.78 is 10.5. The smallest absolute Gasteiger partial charge is 0.407 e. The molecule has 0 radical (unpaired) electrons. The van der Waals surface area contributed by atoms with Crippen LogP contribution in [0.3, 0.4) is 0 Å². The van der Waals surface area contributed by atoms with E-state index >= 15 is 0 Å². The number of amides is 1. The highest BCUT2D eigenvalue weighted by atomic mass is 16.6. The first-order valence-electron chi connectivity index (χ1n) is 10.4. The summed E-state index contributed by atoms with van der Waals surface area (Å²) in [4.78, 5) is 23.3. The fourth-order valence-electron chi connectivity index (χ4n) is 2.67. The number of carbonyl (C=O) groups is 2. The largest absolute Gasteiger partial charge is 0.507 e. The highest BCUT2D eigenvalue weighted by Gasteiger charge is 2.16. The summed E-state index contributed by atoms with van der Waals surface area (Å²) in [5, 5.41) is 11.8. The Bertz CT molecular complexity index is 843. The highest BCUT2D eigenvalue weighted by molar-refractivity contribution is 5.73. The first kappa shape index (κ1) is 26.0. The van der Waals surface area contributed by atoms with Gasteiger partial charge in [-0.3, -0.25) is 4.79 Å². The van der Waals surface area contributed by atoms with E-state index in [1.807, 2.05) is 64.1 Å². The average molecular weight is 430 g/mol. The van der Waals surface area contributed by atoms with Gasteiger partial charge >= 0.3 is 12.1 Å². The number of alkyl carbamates (subject to hydrolysis) is 1. The Morgan fingerprint density at radius 2 is 1.39 bits per heavy atom. The van der Waals surface area contributed by atoms with Crippen molar-refractivity contribution < 1.29 is 24.2 Å². The van der Waals surface area contributed by atoms with Crippen LogP contribution in [0.2, 0.25) is 0 Å². The molecule has 2 N–H and O–H groups in total. The summed E-state index contributed by atoms with van der Waals surface area (Å²) in [7, 11) is 0. The Balaban J connectivity index is 0.000000442. The zero-order valence-corrected chi connectivity index (χ0v) is 19.7. The number of carbonyl (C=O) groups excluding carboxylic acids is 2. The van der Waals surface area contributed by atoms with E-state index in [2.05, 4.69) is 5.32 Å². The van der Waals surface area contributed by atoms with Gasteiger partial charge in [0.2, 0.25) is 0 Å². The molecule has 0 fully saturated rings. The monoisotopic (exact) mass is 429 g/mol. The van der Waals surface area contributed by atoms with Gasteiger partial charge in [-0.05, 0) is 77.1 Å². The van der Waals surface area contributed by atoms with Crippen LogP contribution in [0.1, 0.15) is 55.9 Å². The van der Waals surface area contributed by atoms with Gasteiger partial charge in [0, 0.05) is 13.0 Å². The minimum Gasteiger partial charge on any atom is -0.507 e. The number of aryl methyl sites for hydroxylation is 4. The molecule has 170 valence electrons. The Labute approximate surface area is 185 Å². The van der Waals surface area contributed by atoms with Gasteiger partial charge in [0.05, 0.1) is 0 Å². The van der Waals surface area contributed by atoms with E-state index < -0.39 is 11.7 Å². The topological polar surface area (TPSA) is 84.9 Å². The first-order chi connectivity index (χ1) is 14.4. The molecule has 0 aliphatic heterocycles. The molecule has 0 aromatic heterocycles. The van der Waals surface area contributed by atoms with Crippen molar-refractivity contribution in [1.82, 2.24) is 5.32 Å². The minimum atomic E-state index is -0.522. The van der Waals surface area contributed by atoms with Crippen LogP contribution in [0.15, 0.2) is 36.4 Å². The van der Waals surface area contributed by atoms with Crippen LogP contribution in [0.25, 0.3) is 0 Å². The van der Waals surface area contributed by atoms with Gasteiger partial charge in [0.15, 0.2) is 0 Å². The van der Waals surface area contributed by atoms with E-state index in [1.165, 1.54) is 0 Å². The van der Waals surface area contributed by atoms with Crippen LogP contribution in [0.5, 0.6) is 11.5 Å². The maximum atomic E-state index is 11.8. The van der Waals surface area contributed by atoms with Crippen LogP contribution in [0.4, 0.5) is 4.79 Å². The zero-order chi connectivity index (χ0) is 23.6. The fraction of sp³-hybridized carbons (Fsp3) is 0.440. The van der Waals surface area contributed by atoms with Crippen LogP contribution in [-0.4, -0.2) is 29.3 Å². The molecular formula is C25H35NO5. The van der Waals surface area contributed by atoms with Gasteiger partial charge < -0.3 is 19.9 Å². The number of hydrogen-bond donors (Lipinski definition) is 2. The molecule has 0 aliphatic carbocycles. The number of rotatable bonds is 5. The summed E-state index contributed by atoms with van der Waals surface area (Å²) in [6.07, 6.45) is 0.266. The SMILES string of the molecule is Cc1cccc(C)c1O.Cc1cccc(C)c1OC(=O)CCCNC(=O)OC(C)(C)C. The van der Waals surface area contributed by atoms with Gasteiger partial charge in [0.1, 0.15) is 17.1 Å². The average Bonchev–Trinajstić information content (AvgIpc) is 2.65. The molecule has 0 atom stereocenters. The lowest BCUT2D eigenvalue weighted by molar-refractivity contribution is -0.134. The van der Waals surface area contributed by atoms with E-state index in [9.17, 15) is 14.7 Å². The number of phenolic OH excluding ortho intramolecular Hbond substituents is 1. The summed E-state index contributed by atoms with van der Waals surface area (Å²) in [5.74, 6) is 0.730. The Morgan fingerprint density at radius 3 is 1.84 bits per heavy atom. The predicted molar refractivity (Wildman–Crippen MR) is 123 cm³/mol. The van der Waals surface area contributed by atoms with E-state index in [1.54, 1.807) is 20.8 Å². The molecule has 1 amide bonds. The lowest BCUT2D eigenvalue weighted by Crippen LogP contribution is -2.33. The number of ether oxygens (including phenoxy) is 2. The number of aromatic hydroxyl groups is 1. The van der Waals surface area contributed by atoms with Crippen molar-refractivity contribution in [3.05, 3.63) is 58.7 Å². The van der Waals surface area contributed by atoms with Gasteiger partial charge in [-0.25, -0.2) is 4.79 Å². The van der Waals surface area contributed by atoms with Gasteiger partial charge in [-0.2, -0.15) is 0 Å². The van der Waals surface area contributed by atoms with E-state index in [0.29, 0.717) is 24.5 Å². The number of esters is 1. The molecule has 0 spiro atoms. The Hall–Kier alpha value is -3.02. The van der Waals surface area contributed by atoms with Crippen LogP contribution in [-0.2, 0) is 9.53 Å². The number of para-hydroxylation sites is 2. The van der Waals surface area contributed by atoms with Crippen molar-refractivity contribution >= 4 is 12.1 Å². The molecular weight excluding hydrogens is 394 g/mol. The lowest BCUT2D eigenvalue weighted by Gasteiger charge is -2.19. The molecule has 6 heteroatoms. The van der Waals surface area contributed by atoms with E-state index in [4.69, 9.17) is 9.47 Å². The van der Waals surface area contributed by atoms with Crippen molar-refractivity contribution in [3.63, 3.8) is 0 Å². The molecule has 0 bridgehead atoms. The van der Waals surface area contributed by atoms with Crippen LogP contribution < -0.4 is 10.1 Å². The summed E-state index contributed by atoms with van der Waals surface area (Å²) >= 11 is 0. The summed E-state index contributed by atoms with van der Waals surface area (Å²) in [6.45, 7) is 13.4. The van der Waals surface area contributed by atoms with Crippen molar-refractivity contribution in [2.45, 2.75) is 66.9 Å². The van der Waals surface area contributed by atoms with Crippen molar-refractivity contribution in [2.24, 2.45) is 0 Å². The maximum absolute atomic E-state index is 11.8. The number of phenols is 1. The molecule has 6 nitrogen and oxygen atoms in total. The number of nitrogens with one attached hydrogen (secondary N) is 1. The fourth-order valence-corrected chi connectivity index (χ4v) is 2.67. The number of benzene rings is 2. The summed E-state index contributed by atoms with van der Waals surface area (Å²) in [6, 6.07) is 11.4. The predicted octanol–water partition coefficient (Wildman–Crippen LogP) is 5.52. The standard InChI is InChI=1S/C17H25NO4.C8H10O/c1-12-8-6-9-13(2)15(12)21-14(19)10-7-11-18-16(20)22-17(3,4)5;1-6-4-3-5-7(2)8(6)9/h6,8-9H,7,10-11H2,1-5H3,(H,18,20);3-5,9H,1-2H3. The van der Waals surface area contributed by atoms with Crippen LogP contribution >= 0.6 is 0 Å². The number of hydrogen-bond acceptors (Lipinski definition) is 5. The first-order valence-corrected chi connectivity index (χ1v) is 10.4. The Morgan fingerprint density at radius 1 is 0.903 bits per heavy atom. The molecule has 31 heavy (non-hydrogen) atoms. The van der Waals surface area contributed by atoms with E-state index in [-0.39, 0.29) is 12.4 Å². The molecule has 2 aromatic rings. The Kier molecular flexibility index (Phi) is 10.1. The zero-order valence-electron chi connectivity index (χ0n) is 19.7. The van der Waals surface area contributed by atoms with Gasteiger partial charge in [-0.1, -0.05) is 36.4 Å². The molecule has 0 saturated carbocycles. The third-order valence-corrected chi connectivity index (χ3v) is 4.29. The molecule has 2 rings (SSSR count). The molecule has 0 unspecified atom stereocenters. The lowest BCUT2D eigenvalue weighted by atomic mass is 10.1. The van der Waals surface area contributed by atoms with E-state index in [0.717, 1.165) is 22.3 Å². The normalized spacial score (nSPS) is 10.5. The second kappa shape index (κ2) is 12.0. The van der Waals surface area contributed by atoms with Crippen LogP contribution in [0, 0.1) is 27.7 Å². The quantitative estimate of drug-likeness (QED) is 0.371. The van der Waals surface area contributed by atoms with Gasteiger partial charge in [0.25, 0.3) is 0 Å². The minimum absolute atomic E-state index is 0.240. The summed E-state index contributed by atoms with van der Waals surface area (Å²) in [5.41, 5.74) is 3.22. The van der Waals surface area contributed by atoms with Crippen molar-refractivity contribution in [3.8, 4) is 11.5 Å². The molecule has 0 aliphatic rings. The van der Waals surface area contributed by atoms with Crippen molar-refractivity contribution in [2.75, 3.05) is 6.54 Å². The third kappa shape index (κ3) is 10.0. The maximum Gasteiger partial charge on any atom is 0.407 e. The highest BCUT2D eigenvalue weighted by Crippen LogP contribution is 2.23. The van der Waals surface area contributed by atoms with Gasteiger partial charge in [-0.15, -0.1) is 0 Å². The second-order valence-electron chi connectivity index (χ2n) is 8.47. The molecule has 2 aromatic carbocycles.